The number of hydrogen-bond acceptors (Lipinski definition) is 4. The Morgan fingerprint density at radius 2 is 1.79 bits per heavy atom. The van der Waals surface area contributed by atoms with Gasteiger partial charge in [-0.3, -0.25) is 14.8 Å². The number of sulfonamides is 1. The molecular weight excluding hydrogens is 328 g/mol. The highest BCUT2D eigenvalue weighted by Crippen LogP contribution is 2.27. The number of anilines is 1. The van der Waals surface area contributed by atoms with Gasteiger partial charge in [-0.2, -0.15) is 0 Å². The Balaban J connectivity index is 2.26. The summed E-state index contributed by atoms with van der Waals surface area (Å²) in [4.78, 5) is 10.6. The Morgan fingerprint density at radius 3 is 2.38 bits per heavy atom. The van der Waals surface area contributed by atoms with Gasteiger partial charge in [0.1, 0.15) is 0 Å². The molecule has 0 fully saturated rings. The summed E-state index contributed by atoms with van der Waals surface area (Å²) in [6.45, 7) is 3.62. The first-order valence-corrected chi connectivity index (χ1v) is 9.19. The number of nitrogens with zero attached hydrogens (tertiary/aromatic N) is 1. The minimum absolute atomic E-state index is 0.120. The van der Waals surface area contributed by atoms with Gasteiger partial charge >= 0.3 is 0 Å². The molecule has 128 valence electrons. The number of aryl methyl sites for hydroxylation is 1. The van der Waals surface area contributed by atoms with Crippen LogP contribution in [0.25, 0.3) is 0 Å². The van der Waals surface area contributed by atoms with Crippen molar-refractivity contribution < 1.29 is 13.3 Å². The molecule has 0 amide bonds. The molecule has 6 nitrogen and oxygen atoms in total. The van der Waals surface area contributed by atoms with Gasteiger partial charge in [-0.15, -0.1) is 0 Å². The van der Waals surface area contributed by atoms with Crippen molar-refractivity contribution in [3.05, 3.63) is 63.7 Å². The Hall–Kier alpha value is -2.41. The van der Waals surface area contributed by atoms with E-state index in [0.29, 0.717) is 0 Å². The van der Waals surface area contributed by atoms with Gasteiger partial charge in [-0.1, -0.05) is 31.5 Å². The predicted octanol–water partition coefficient (Wildman–Crippen LogP) is 4.05. The van der Waals surface area contributed by atoms with E-state index in [1.807, 2.05) is 0 Å². The molecule has 0 spiro atoms. The number of rotatable bonds is 7. The summed E-state index contributed by atoms with van der Waals surface area (Å²) < 4.78 is 27.4. The summed E-state index contributed by atoms with van der Waals surface area (Å²) >= 11 is 0. The lowest BCUT2D eigenvalue weighted by Gasteiger charge is -2.11. The number of unbranched alkanes of at least 4 members (excludes halogenated alkanes) is 1. The summed E-state index contributed by atoms with van der Waals surface area (Å²) in [6, 6.07) is 11.0. The molecule has 2 rings (SSSR count). The molecule has 0 atom stereocenters. The van der Waals surface area contributed by atoms with Crippen LogP contribution < -0.4 is 4.72 Å². The zero-order valence-electron chi connectivity index (χ0n) is 13.7. The van der Waals surface area contributed by atoms with Gasteiger partial charge in [-0.25, -0.2) is 8.42 Å². The molecule has 7 heteroatoms. The highest BCUT2D eigenvalue weighted by Gasteiger charge is 2.19. The van der Waals surface area contributed by atoms with Crippen LogP contribution in [0, 0.1) is 17.0 Å². The van der Waals surface area contributed by atoms with Gasteiger partial charge in [0, 0.05) is 6.07 Å². The first-order valence-electron chi connectivity index (χ1n) is 7.71. The van der Waals surface area contributed by atoms with Gasteiger partial charge < -0.3 is 0 Å². The largest absolute Gasteiger partial charge is 0.279 e. The van der Waals surface area contributed by atoms with Crippen LogP contribution in [0.2, 0.25) is 0 Å². The van der Waals surface area contributed by atoms with E-state index < -0.39 is 14.9 Å². The monoisotopic (exact) mass is 348 g/mol. The Bertz CT molecular complexity index is 830. The number of benzene rings is 2. The Morgan fingerprint density at radius 1 is 1.12 bits per heavy atom. The van der Waals surface area contributed by atoms with Gasteiger partial charge in [0.2, 0.25) is 0 Å². The van der Waals surface area contributed by atoms with E-state index in [1.54, 1.807) is 24.3 Å². The fraction of sp³-hybridized carbons (Fsp3) is 0.294. The van der Waals surface area contributed by atoms with Crippen molar-refractivity contribution in [2.24, 2.45) is 0 Å². The molecule has 0 saturated heterocycles. The fourth-order valence-electron chi connectivity index (χ4n) is 2.35. The third kappa shape index (κ3) is 4.11. The Kier molecular flexibility index (Phi) is 5.56. The molecule has 24 heavy (non-hydrogen) atoms. The lowest BCUT2D eigenvalue weighted by molar-refractivity contribution is -0.385. The average Bonchev–Trinajstić information content (AvgIpc) is 2.55. The maximum absolute atomic E-state index is 12.5. The van der Waals surface area contributed by atoms with Crippen LogP contribution in [0.5, 0.6) is 0 Å². The molecule has 0 bridgehead atoms. The minimum Gasteiger partial charge on any atom is -0.279 e. The van der Waals surface area contributed by atoms with Crippen molar-refractivity contribution in [2.45, 2.75) is 38.0 Å². The summed E-state index contributed by atoms with van der Waals surface area (Å²) in [6.07, 6.45) is 3.04. The van der Waals surface area contributed by atoms with Crippen LogP contribution in [-0.2, 0) is 16.4 Å². The lowest BCUT2D eigenvalue weighted by atomic mass is 10.1. The standard InChI is InChI=1S/C17H20N2O4S/c1-3-4-6-14-9-11-15(12-10-14)24(22,23)18-16-7-5-8-17(13(16)2)19(20)21/h5,7-12,18H,3-4,6H2,1-2H3. The highest BCUT2D eigenvalue weighted by molar-refractivity contribution is 7.92. The van der Waals surface area contributed by atoms with Crippen molar-refractivity contribution in [1.82, 2.24) is 0 Å². The van der Waals surface area contributed by atoms with Crippen molar-refractivity contribution in [3.8, 4) is 0 Å². The number of nitro groups is 1. The normalized spacial score (nSPS) is 11.2. The molecular formula is C17H20N2O4S. The second kappa shape index (κ2) is 7.44. The van der Waals surface area contributed by atoms with Crippen LogP contribution in [0.15, 0.2) is 47.4 Å². The minimum atomic E-state index is -3.79. The zero-order valence-corrected chi connectivity index (χ0v) is 14.5. The van der Waals surface area contributed by atoms with Gasteiger partial charge in [0.25, 0.3) is 15.7 Å². The maximum Gasteiger partial charge on any atom is 0.274 e. The molecule has 0 aromatic heterocycles. The van der Waals surface area contributed by atoms with E-state index in [4.69, 9.17) is 0 Å². The molecule has 2 aromatic carbocycles. The quantitative estimate of drug-likeness (QED) is 0.604. The predicted molar refractivity (Wildman–Crippen MR) is 93.7 cm³/mol. The SMILES string of the molecule is CCCCc1ccc(S(=O)(=O)Nc2cccc([N+](=O)[O-])c2C)cc1. The van der Waals surface area contributed by atoms with Crippen molar-refractivity contribution in [3.63, 3.8) is 0 Å². The third-order valence-corrected chi connectivity index (χ3v) is 5.18. The Labute approximate surface area is 141 Å². The summed E-state index contributed by atoms with van der Waals surface area (Å²) in [5.41, 5.74) is 1.46. The smallest absolute Gasteiger partial charge is 0.274 e. The first kappa shape index (κ1) is 17.9. The summed E-state index contributed by atoms with van der Waals surface area (Å²) in [5.74, 6) is 0. The van der Waals surface area contributed by atoms with Crippen LogP contribution in [0.1, 0.15) is 30.9 Å². The van der Waals surface area contributed by atoms with Crippen LogP contribution in [0.3, 0.4) is 0 Å². The van der Waals surface area contributed by atoms with Crippen LogP contribution >= 0.6 is 0 Å². The van der Waals surface area contributed by atoms with Gasteiger partial charge in [0.15, 0.2) is 0 Å². The average molecular weight is 348 g/mol. The van der Waals surface area contributed by atoms with Crippen molar-refractivity contribution in [2.75, 3.05) is 4.72 Å². The van der Waals surface area contributed by atoms with E-state index in [2.05, 4.69) is 11.6 Å². The number of hydrogen-bond donors (Lipinski definition) is 1. The third-order valence-electron chi connectivity index (χ3n) is 3.80. The van der Waals surface area contributed by atoms with E-state index in [0.717, 1.165) is 24.8 Å². The van der Waals surface area contributed by atoms with E-state index >= 15 is 0 Å². The molecule has 0 saturated carbocycles. The molecule has 0 heterocycles. The molecule has 0 aliphatic heterocycles. The highest BCUT2D eigenvalue weighted by atomic mass is 32.2. The molecule has 0 unspecified atom stereocenters. The molecule has 2 aromatic rings. The summed E-state index contributed by atoms with van der Waals surface area (Å²) in [5, 5.41) is 11.0. The topological polar surface area (TPSA) is 89.3 Å². The second-order valence-electron chi connectivity index (χ2n) is 5.56. The lowest BCUT2D eigenvalue weighted by Crippen LogP contribution is -2.14. The van der Waals surface area contributed by atoms with Crippen LogP contribution in [-0.4, -0.2) is 13.3 Å². The maximum atomic E-state index is 12.5. The zero-order chi connectivity index (χ0) is 17.7. The first-order chi connectivity index (χ1) is 11.3. The van der Waals surface area contributed by atoms with E-state index in [-0.39, 0.29) is 21.8 Å². The molecule has 0 aliphatic carbocycles. The number of nitro benzene ring substituents is 1. The van der Waals surface area contributed by atoms with Gasteiger partial charge in [0.05, 0.1) is 21.1 Å². The fourth-order valence-corrected chi connectivity index (χ4v) is 3.47. The summed E-state index contributed by atoms with van der Waals surface area (Å²) in [7, 11) is -3.79. The molecule has 0 radical (unpaired) electrons. The van der Waals surface area contributed by atoms with Crippen molar-refractivity contribution in [1.29, 1.82) is 0 Å². The molecule has 0 aliphatic rings. The van der Waals surface area contributed by atoms with Crippen molar-refractivity contribution >= 4 is 21.4 Å². The number of nitrogens with one attached hydrogen (secondary N) is 1. The van der Waals surface area contributed by atoms with Gasteiger partial charge in [-0.05, 0) is 43.5 Å². The van der Waals surface area contributed by atoms with Crippen LogP contribution in [0.4, 0.5) is 11.4 Å². The second-order valence-corrected chi connectivity index (χ2v) is 7.24. The van der Waals surface area contributed by atoms with E-state index in [9.17, 15) is 18.5 Å². The van der Waals surface area contributed by atoms with E-state index in [1.165, 1.54) is 25.1 Å². The molecule has 1 N–H and O–H groups in total.